The van der Waals surface area contributed by atoms with Gasteiger partial charge in [0.2, 0.25) is 5.91 Å². The highest BCUT2D eigenvalue weighted by atomic mass is 16.1. The first-order valence-electron chi connectivity index (χ1n) is 5.89. The van der Waals surface area contributed by atoms with Gasteiger partial charge in [-0.2, -0.15) is 0 Å². The van der Waals surface area contributed by atoms with Crippen molar-refractivity contribution in [2.45, 2.75) is 38.1 Å². The van der Waals surface area contributed by atoms with Gasteiger partial charge in [-0.15, -0.1) is 0 Å². The van der Waals surface area contributed by atoms with E-state index in [1.165, 1.54) is 32.1 Å². The number of primary amides is 1. The lowest BCUT2D eigenvalue weighted by Crippen LogP contribution is -2.50. The van der Waals surface area contributed by atoms with Crippen LogP contribution in [0.15, 0.2) is 0 Å². The van der Waals surface area contributed by atoms with E-state index in [4.69, 9.17) is 11.5 Å². The molecule has 15 heavy (non-hydrogen) atoms. The van der Waals surface area contributed by atoms with Gasteiger partial charge in [-0.25, -0.2) is 0 Å². The third kappa shape index (κ3) is 2.32. The van der Waals surface area contributed by atoms with Crippen molar-refractivity contribution in [2.75, 3.05) is 19.6 Å². The van der Waals surface area contributed by atoms with Gasteiger partial charge < -0.3 is 16.4 Å². The molecule has 1 heterocycles. The molecule has 2 aliphatic rings. The minimum atomic E-state index is -0.500. The molecule has 0 aromatic carbocycles. The van der Waals surface area contributed by atoms with Crippen LogP contribution >= 0.6 is 0 Å². The first-order chi connectivity index (χ1) is 7.11. The molecular formula is C11H21N3O. The fourth-order valence-corrected chi connectivity index (χ4v) is 2.75. The fraction of sp³-hybridized carbons (Fsp3) is 0.909. The van der Waals surface area contributed by atoms with Crippen LogP contribution in [0.25, 0.3) is 0 Å². The molecule has 1 unspecified atom stereocenters. The monoisotopic (exact) mass is 211 g/mol. The summed E-state index contributed by atoms with van der Waals surface area (Å²) in [6, 6.07) is -0.500. The molecule has 1 saturated heterocycles. The van der Waals surface area contributed by atoms with E-state index in [0.717, 1.165) is 13.1 Å². The Labute approximate surface area is 91.0 Å². The molecule has 1 atom stereocenters. The van der Waals surface area contributed by atoms with Gasteiger partial charge in [0.05, 0.1) is 6.04 Å². The Morgan fingerprint density at radius 3 is 2.27 bits per heavy atom. The molecule has 2 fully saturated rings. The van der Waals surface area contributed by atoms with E-state index in [9.17, 15) is 4.79 Å². The van der Waals surface area contributed by atoms with E-state index in [1.807, 2.05) is 0 Å². The van der Waals surface area contributed by atoms with E-state index < -0.39 is 6.04 Å². The van der Waals surface area contributed by atoms with Crippen LogP contribution in [0.1, 0.15) is 32.1 Å². The molecule has 1 aliphatic carbocycles. The van der Waals surface area contributed by atoms with Crippen molar-refractivity contribution in [1.29, 1.82) is 0 Å². The van der Waals surface area contributed by atoms with Crippen molar-refractivity contribution in [2.24, 2.45) is 16.9 Å². The zero-order valence-corrected chi connectivity index (χ0v) is 9.24. The van der Waals surface area contributed by atoms with Crippen molar-refractivity contribution >= 4 is 5.91 Å². The smallest absolute Gasteiger partial charge is 0.235 e. The molecule has 0 aromatic heterocycles. The number of likely N-dealkylation sites (tertiary alicyclic amines) is 1. The summed E-state index contributed by atoms with van der Waals surface area (Å²) in [6.45, 7) is 2.80. The highest BCUT2D eigenvalue weighted by Crippen LogP contribution is 2.48. The summed E-state index contributed by atoms with van der Waals surface area (Å²) in [6.07, 6.45) is 6.77. The number of nitrogens with zero attached hydrogens (tertiary/aromatic N) is 1. The van der Waals surface area contributed by atoms with Gasteiger partial charge in [0.15, 0.2) is 0 Å². The van der Waals surface area contributed by atoms with Crippen LogP contribution in [-0.2, 0) is 4.79 Å². The molecular weight excluding hydrogens is 190 g/mol. The Kier molecular flexibility index (Phi) is 2.98. The zero-order chi connectivity index (χ0) is 10.9. The normalized spacial score (nSPS) is 27.3. The van der Waals surface area contributed by atoms with Gasteiger partial charge in [-0.1, -0.05) is 6.42 Å². The van der Waals surface area contributed by atoms with Crippen LogP contribution in [0.4, 0.5) is 0 Å². The molecule has 2 rings (SSSR count). The minimum Gasteiger partial charge on any atom is -0.368 e. The quantitative estimate of drug-likeness (QED) is 0.693. The Hall–Kier alpha value is -0.610. The zero-order valence-electron chi connectivity index (χ0n) is 9.24. The van der Waals surface area contributed by atoms with Crippen LogP contribution in [0, 0.1) is 5.41 Å². The average molecular weight is 211 g/mol. The number of piperidine rings is 1. The Balaban J connectivity index is 1.76. The molecule has 0 radical (unpaired) electrons. The van der Waals surface area contributed by atoms with Crippen LogP contribution in [0.5, 0.6) is 0 Å². The van der Waals surface area contributed by atoms with Gasteiger partial charge in [0, 0.05) is 6.54 Å². The van der Waals surface area contributed by atoms with E-state index >= 15 is 0 Å². The number of hydrogen-bond donors (Lipinski definition) is 2. The van der Waals surface area contributed by atoms with E-state index in [2.05, 4.69) is 4.90 Å². The molecule has 1 spiro atoms. The lowest BCUT2D eigenvalue weighted by Gasteiger charge is -2.48. The molecule has 4 N–H and O–H groups in total. The van der Waals surface area contributed by atoms with Crippen LogP contribution in [0.2, 0.25) is 0 Å². The van der Waals surface area contributed by atoms with Gasteiger partial charge >= 0.3 is 0 Å². The molecule has 1 aliphatic heterocycles. The largest absolute Gasteiger partial charge is 0.368 e. The molecule has 1 amide bonds. The van der Waals surface area contributed by atoms with Gasteiger partial charge in [0.25, 0.3) is 0 Å². The summed E-state index contributed by atoms with van der Waals surface area (Å²) in [5.41, 5.74) is 11.5. The number of nitrogens with two attached hydrogens (primary N) is 2. The highest BCUT2D eigenvalue weighted by Gasteiger charge is 2.39. The lowest BCUT2D eigenvalue weighted by atomic mass is 9.63. The first-order valence-corrected chi connectivity index (χ1v) is 5.89. The number of hydrogen-bond acceptors (Lipinski definition) is 3. The van der Waals surface area contributed by atoms with Gasteiger partial charge in [0.1, 0.15) is 0 Å². The second-order valence-electron chi connectivity index (χ2n) is 5.16. The molecule has 0 aromatic rings. The van der Waals surface area contributed by atoms with Crippen LogP contribution < -0.4 is 11.5 Å². The average Bonchev–Trinajstić information content (AvgIpc) is 2.16. The maximum absolute atomic E-state index is 10.8. The third-order valence-corrected chi connectivity index (χ3v) is 4.15. The van der Waals surface area contributed by atoms with Crippen molar-refractivity contribution in [1.82, 2.24) is 4.90 Å². The minimum absolute atomic E-state index is 0.390. The number of carbonyl (C=O) groups is 1. The molecule has 1 saturated carbocycles. The standard InChI is InChI=1S/C11H21N3O/c12-9(10(13)15)8-14-6-4-11(5-7-14)2-1-3-11/h9H,1-8,12H2,(H2,13,15). The molecule has 4 nitrogen and oxygen atoms in total. The van der Waals surface area contributed by atoms with Crippen molar-refractivity contribution < 1.29 is 4.79 Å². The summed E-state index contributed by atoms with van der Waals surface area (Å²) in [4.78, 5) is 13.1. The van der Waals surface area contributed by atoms with Crippen molar-refractivity contribution in [3.8, 4) is 0 Å². The second-order valence-corrected chi connectivity index (χ2v) is 5.16. The summed E-state index contributed by atoms with van der Waals surface area (Å²) in [7, 11) is 0. The third-order valence-electron chi connectivity index (χ3n) is 4.15. The topological polar surface area (TPSA) is 72.3 Å². The first kappa shape index (κ1) is 10.9. The Morgan fingerprint density at radius 2 is 1.87 bits per heavy atom. The van der Waals surface area contributed by atoms with Crippen molar-refractivity contribution in [3.63, 3.8) is 0 Å². The predicted molar refractivity (Wildman–Crippen MR) is 59.1 cm³/mol. The summed E-state index contributed by atoms with van der Waals surface area (Å²) in [5, 5.41) is 0. The number of amides is 1. The maximum Gasteiger partial charge on any atom is 0.235 e. The number of rotatable bonds is 3. The van der Waals surface area contributed by atoms with Crippen molar-refractivity contribution in [3.05, 3.63) is 0 Å². The fourth-order valence-electron chi connectivity index (χ4n) is 2.75. The summed E-state index contributed by atoms with van der Waals surface area (Å²) in [5.74, 6) is -0.390. The van der Waals surface area contributed by atoms with E-state index in [-0.39, 0.29) is 5.91 Å². The Bertz CT molecular complexity index is 240. The molecule has 86 valence electrons. The van der Waals surface area contributed by atoms with Gasteiger partial charge in [-0.3, -0.25) is 4.79 Å². The van der Waals surface area contributed by atoms with E-state index in [0.29, 0.717) is 12.0 Å². The lowest BCUT2D eigenvalue weighted by molar-refractivity contribution is -0.119. The second kappa shape index (κ2) is 4.10. The predicted octanol–water partition coefficient (Wildman–Crippen LogP) is 0.0651. The Morgan fingerprint density at radius 1 is 1.27 bits per heavy atom. The van der Waals surface area contributed by atoms with E-state index in [1.54, 1.807) is 0 Å². The highest BCUT2D eigenvalue weighted by molar-refractivity contribution is 5.79. The SMILES string of the molecule is NC(=O)C(N)CN1CCC2(CCC2)CC1. The summed E-state index contributed by atoms with van der Waals surface area (Å²) >= 11 is 0. The molecule has 0 bridgehead atoms. The number of carbonyl (C=O) groups excluding carboxylic acids is 1. The van der Waals surface area contributed by atoms with Crippen LogP contribution in [0.3, 0.4) is 0 Å². The van der Waals surface area contributed by atoms with Gasteiger partial charge in [-0.05, 0) is 44.2 Å². The summed E-state index contributed by atoms with van der Waals surface area (Å²) < 4.78 is 0. The maximum atomic E-state index is 10.8. The molecule has 4 heteroatoms. The van der Waals surface area contributed by atoms with Crippen LogP contribution in [-0.4, -0.2) is 36.5 Å².